The first-order valence-corrected chi connectivity index (χ1v) is 7.34. The number of carbonyl (C=O) groups is 1. The molecule has 0 aromatic heterocycles. The number of carbonyl (C=O) groups excluding carboxylic acids is 1. The smallest absolute Gasteiger partial charge is 0.228 e. The topological polar surface area (TPSA) is 52.9 Å². The summed E-state index contributed by atoms with van der Waals surface area (Å²) in [6, 6.07) is 13.1. The van der Waals surface area contributed by atoms with Gasteiger partial charge in [0, 0.05) is 10.2 Å². The minimum atomic E-state index is -0.0618. The van der Waals surface area contributed by atoms with Crippen molar-refractivity contribution in [3.8, 4) is 6.07 Å². The van der Waals surface area contributed by atoms with E-state index < -0.39 is 0 Å². The van der Waals surface area contributed by atoms with Crippen LogP contribution in [0.25, 0.3) is 0 Å². The normalized spacial score (nSPS) is 10.0. The fraction of sp³-hybridized carbons (Fsp3) is 0.176. The highest BCUT2D eigenvalue weighted by molar-refractivity contribution is 9.10. The van der Waals surface area contributed by atoms with Gasteiger partial charge in [-0.15, -0.1) is 0 Å². The number of hydrogen-bond acceptors (Lipinski definition) is 2. The maximum atomic E-state index is 12.1. The number of benzene rings is 2. The van der Waals surface area contributed by atoms with Gasteiger partial charge in [0.15, 0.2) is 0 Å². The number of rotatable bonds is 3. The third kappa shape index (κ3) is 3.93. The second kappa shape index (κ2) is 6.55. The molecular formula is C17H15BrN2O. The molecular weight excluding hydrogens is 328 g/mol. The van der Waals surface area contributed by atoms with Gasteiger partial charge in [-0.1, -0.05) is 28.1 Å². The highest BCUT2D eigenvalue weighted by atomic mass is 79.9. The van der Waals surface area contributed by atoms with E-state index in [1.165, 1.54) is 0 Å². The van der Waals surface area contributed by atoms with Crippen LogP contribution in [0, 0.1) is 25.2 Å². The Morgan fingerprint density at radius 1 is 1.19 bits per heavy atom. The van der Waals surface area contributed by atoms with Crippen LogP contribution in [0.1, 0.15) is 22.3 Å². The molecule has 1 amide bonds. The Bertz CT molecular complexity index is 692. The summed E-state index contributed by atoms with van der Waals surface area (Å²) in [6.45, 7) is 3.93. The average Bonchev–Trinajstić information content (AvgIpc) is 2.43. The van der Waals surface area contributed by atoms with Crippen LogP contribution in [0.4, 0.5) is 5.69 Å². The van der Waals surface area contributed by atoms with Crippen molar-refractivity contribution in [1.82, 2.24) is 0 Å². The maximum absolute atomic E-state index is 12.1. The summed E-state index contributed by atoms with van der Waals surface area (Å²) in [6.07, 6.45) is 0.292. The highest BCUT2D eigenvalue weighted by Gasteiger charge is 2.09. The number of nitrogens with one attached hydrogen (secondary N) is 1. The molecule has 3 nitrogen and oxygen atoms in total. The van der Waals surface area contributed by atoms with Crippen molar-refractivity contribution in [1.29, 1.82) is 5.26 Å². The van der Waals surface area contributed by atoms with Crippen molar-refractivity contribution in [2.24, 2.45) is 0 Å². The standard InChI is InChI=1S/C17H15BrN2O/c1-11-7-15(18)8-12(2)17(11)20-16(21)9-13-3-5-14(10-19)6-4-13/h3-8H,9H2,1-2H3,(H,20,21). The molecule has 0 bridgehead atoms. The minimum Gasteiger partial charge on any atom is -0.325 e. The van der Waals surface area contributed by atoms with E-state index in [1.54, 1.807) is 24.3 Å². The molecule has 0 heterocycles. The Kier molecular flexibility index (Phi) is 4.77. The van der Waals surface area contributed by atoms with Crippen LogP contribution in [-0.4, -0.2) is 5.91 Å². The maximum Gasteiger partial charge on any atom is 0.228 e. The zero-order valence-electron chi connectivity index (χ0n) is 11.9. The lowest BCUT2D eigenvalue weighted by atomic mass is 10.1. The van der Waals surface area contributed by atoms with Crippen molar-refractivity contribution < 1.29 is 4.79 Å². The predicted molar refractivity (Wildman–Crippen MR) is 87.1 cm³/mol. The monoisotopic (exact) mass is 342 g/mol. The number of amides is 1. The fourth-order valence-electron chi connectivity index (χ4n) is 2.17. The van der Waals surface area contributed by atoms with Gasteiger partial charge >= 0.3 is 0 Å². The number of hydrogen-bond donors (Lipinski definition) is 1. The summed E-state index contributed by atoms with van der Waals surface area (Å²) in [5, 5.41) is 11.7. The van der Waals surface area contributed by atoms with Crippen LogP contribution in [0.5, 0.6) is 0 Å². The third-order valence-electron chi connectivity index (χ3n) is 3.21. The molecule has 106 valence electrons. The predicted octanol–water partition coefficient (Wildman–Crippen LogP) is 4.12. The molecule has 0 aliphatic carbocycles. The molecule has 0 radical (unpaired) electrons. The largest absolute Gasteiger partial charge is 0.325 e. The number of halogens is 1. The molecule has 4 heteroatoms. The Labute approximate surface area is 132 Å². The van der Waals surface area contributed by atoms with Crippen LogP contribution in [0.15, 0.2) is 40.9 Å². The quantitative estimate of drug-likeness (QED) is 0.911. The van der Waals surface area contributed by atoms with E-state index in [1.807, 2.05) is 26.0 Å². The Morgan fingerprint density at radius 3 is 2.29 bits per heavy atom. The van der Waals surface area contributed by atoms with E-state index in [0.717, 1.165) is 26.9 Å². The minimum absolute atomic E-state index is 0.0618. The Hall–Kier alpha value is -2.12. The van der Waals surface area contributed by atoms with E-state index in [9.17, 15) is 4.79 Å². The fourth-order valence-corrected chi connectivity index (χ4v) is 2.86. The SMILES string of the molecule is Cc1cc(Br)cc(C)c1NC(=O)Cc1ccc(C#N)cc1. The van der Waals surface area contributed by atoms with Gasteiger partial charge in [0.25, 0.3) is 0 Å². The second-order valence-electron chi connectivity index (χ2n) is 4.95. The van der Waals surface area contributed by atoms with Crippen molar-refractivity contribution >= 4 is 27.5 Å². The van der Waals surface area contributed by atoms with Crippen LogP contribution < -0.4 is 5.32 Å². The molecule has 0 aliphatic rings. The molecule has 2 aromatic rings. The number of aryl methyl sites for hydroxylation is 2. The summed E-state index contributed by atoms with van der Waals surface area (Å²) in [4.78, 5) is 12.1. The van der Waals surface area contributed by atoms with Gasteiger partial charge in [0.1, 0.15) is 0 Å². The molecule has 0 unspecified atom stereocenters. The summed E-state index contributed by atoms with van der Waals surface area (Å²) in [7, 11) is 0. The van der Waals surface area contributed by atoms with Crippen molar-refractivity contribution in [3.63, 3.8) is 0 Å². The lowest BCUT2D eigenvalue weighted by Crippen LogP contribution is -2.16. The van der Waals surface area contributed by atoms with Crippen molar-refractivity contribution in [2.75, 3.05) is 5.32 Å². The molecule has 1 N–H and O–H groups in total. The van der Waals surface area contributed by atoms with Gasteiger partial charge in [0.05, 0.1) is 18.1 Å². The second-order valence-corrected chi connectivity index (χ2v) is 5.86. The first-order chi connectivity index (χ1) is 9.99. The zero-order valence-corrected chi connectivity index (χ0v) is 13.5. The summed E-state index contributed by atoms with van der Waals surface area (Å²) >= 11 is 3.44. The molecule has 0 saturated carbocycles. The lowest BCUT2D eigenvalue weighted by Gasteiger charge is -2.12. The van der Waals surface area contributed by atoms with Crippen LogP contribution in [-0.2, 0) is 11.2 Å². The van der Waals surface area contributed by atoms with Crippen LogP contribution in [0.3, 0.4) is 0 Å². The molecule has 0 aliphatic heterocycles. The summed E-state index contributed by atoms with van der Waals surface area (Å²) < 4.78 is 1.00. The molecule has 2 rings (SSSR count). The molecule has 0 saturated heterocycles. The van der Waals surface area contributed by atoms with Gasteiger partial charge in [-0.05, 0) is 54.8 Å². The average molecular weight is 343 g/mol. The Balaban J connectivity index is 2.10. The van der Waals surface area contributed by atoms with Gasteiger partial charge in [-0.2, -0.15) is 5.26 Å². The highest BCUT2D eigenvalue weighted by Crippen LogP contribution is 2.25. The first kappa shape index (κ1) is 15.3. The van der Waals surface area contributed by atoms with E-state index in [4.69, 9.17) is 5.26 Å². The van der Waals surface area contributed by atoms with E-state index in [-0.39, 0.29) is 5.91 Å². The van der Waals surface area contributed by atoms with E-state index in [2.05, 4.69) is 27.3 Å². The van der Waals surface area contributed by atoms with Crippen molar-refractivity contribution in [2.45, 2.75) is 20.3 Å². The van der Waals surface area contributed by atoms with Gasteiger partial charge < -0.3 is 5.32 Å². The van der Waals surface area contributed by atoms with E-state index in [0.29, 0.717) is 12.0 Å². The summed E-state index contributed by atoms with van der Waals surface area (Å²) in [5.74, 6) is -0.0618. The zero-order chi connectivity index (χ0) is 15.4. The number of nitriles is 1. The lowest BCUT2D eigenvalue weighted by molar-refractivity contribution is -0.115. The number of anilines is 1. The van der Waals surface area contributed by atoms with Gasteiger partial charge in [0.2, 0.25) is 5.91 Å². The molecule has 0 atom stereocenters. The van der Waals surface area contributed by atoms with E-state index >= 15 is 0 Å². The first-order valence-electron chi connectivity index (χ1n) is 6.55. The van der Waals surface area contributed by atoms with Gasteiger partial charge in [-0.25, -0.2) is 0 Å². The Morgan fingerprint density at radius 2 is 1.76 bits per heavy atom. The van der Waals surface area contributed by atoms with Crippen molar-refractivity contribution in [3.05, 3.63) is 63.1 Å². The van der Waals surface area contributed by atoms with Crippen LogP contribution in [0.2, 0.25) is 0 Å². The molecule has 0 fully saturated rings. The molecule has 21 heavy (non-hydrogen) atoms. The summed E-state index contributed by atoms with van der Waals surface area (Å²) in [5.41, 5.74) is 4.39. The number of nitrogens with zero attached hydrogens (tertiary/aromatic N) is 1. The molecule has 2 aromatic carbocycles. The third-order valence-corrected chi connectivity index (χ3v) is 3.67. The van der Waals surface area contributed by atoms with Crippen LogP contribution >= 0.6 is 15.9 Å². The van der Waals surface area contributed by atoms with Gasteiger partial charge in [-0.3, -0.25) is 4.79 Å². The molecule has 0 spiro atoms.